The molecule has 0 amide bonds. The van der Waals surface area contributed by atoms with Gasteiger partial charge in [0.15, 0.2) is 0 Å². The van der Waals surface area contributed by atoms with Crippen LogP contribution in [0.2, 0.25) is 0 Å². The van der Waals surface area contributed by atoms with Crippen LogP contribution in [0, 0.1) is 34.6 Å². The van der Waals surface area contributed by atoms with Gasteiger partial charge in [0.2, 0.25) is 0 Å². The Hall–Kier alpha value is -5.16. The van der Waals surface area contributed by atoms with E-state index in [9.17, 15) is 5.11 Å². The zero-order chi connectivity index (χ0) is 48.3. The van der Waals surface area contributed by atoms with E-state index in [4.69, 9.17) is 20.4 Å². The van der Waals surface area contributed by atoms with Crippen LogP contribution in [0.3, 0.4) is 0 Å². The van der Waals surface area contributed by atoms with Gasteiger partial charge >= 0.3 is 0 Å². The first-order valence-corrected chi connectivity index (χ1v) is 23.9. The molecule has 3 aliphatic rings. The van der Waals surface area contributed by atoms with Crippen LogP contribution < -0.4 is 0 Å². The van der Waals surface area contributed by atoms with Crippen LogP contribution in [0.5, 0.6) is 28.7 Å². The van der Waals surface area contributed by atoms with Gasteiger partial charge in [0.1, 0.15) is 28.7 Å². The molecule has 0 spiro atoms. The van der Waals surface area contributed by atoms with Gasteiger partial charge in [0, 0.05) is 5.92 Å². The van der Waals surface area contributed by atoms with Gasteiger partial charge in [0.05, 0.1) is 0 Å². The highest BCUT2D eigenvalue weighted by Gasteiger charge is 2.12. The average Bonchev–Trinajstić information content (AvgIpc) is 4.18. The number of aromatic hydroxyl groups is 5. The van der Waals surface area contributed by atoms with E-state index in [2.05, 4.69) is 18.2 Å². The number of hydrogen-bond acceptors (Lipinski definition) is 5. The fraction of sp³-hybridized carbons (Fsp3) is 0.448. The smallest absolute Gasteiger partial charge is 0.118 e. The Morgan fingerprint density at radius 3 is 0.778 bits per heavy atom. The van der Waals surface area contributed by atoms with Gasteiger partial charge in [-0.25, -0.2) is 0 Å². The standard InChI is InChI=1S/C12H14O.4C7H8O.2C5H10.4C2H6/c1-9-8-11(6-7-12(9)13)10-4-2-3-5-10;4*1-6-4-2-3-5-7(6)8;2*1-2-4-5-3-1;4*1-2/h2,4,6-8,10,13H,3,5H2,1H3;4*2-5,8H,1H3;2*1-5H2;4*1-2H3. The summed E-state index contributed by atoms with van der Waals surface area (Å²) in [7, 11) is 0. The highest BCUT2D eigenvalue weighted by molar-refractivity contribution is 5.38. The molecule has 5 heteroatoms. The van der Waals surface area contributed by atoms with Crippen LogP contribution in [0.15, 0.2) is 127 Å². The Labute approximate surface area is 386 Å². The van der Waals surface area contributed by atoms with Crippen molar-refractivity contribution in [3.05, 3.63) is 161 Å². The molecule has 5 aromatic carbocycles. The second-order valence-corrected chi connectivity index (χ2v) is 14.3. The molecule has 63 heavy (non-hydrogen) atoms. The molecule has 0 aliphatic heterocycles. The molecule has 2 saturated carbocycles. The maximum Gasteiger partial charge on any atom is 0.118 e. The fourth-order valence-electron chi connectivity index (χ4n) is 5.84. The predicted octanol–water partition coefficient (Wildman–Crippen LogP) is 17.9. The van der Waals surface area contributed by atoms with E-state index in [0.29, 0.717) is 34.7 Å². The molecule has 0 heterocycles. The molecule has 0 saturated heterocycles. The number of rotatable bonds is 1. The van der Waals surface area contributed by atoms with Gasteiger partial charge in [-0.3, -0.25) is 0 Å². The Balaban J connectivity index is -0.000000660. The van der Waals surface area contributed by atoms with Crippen molar-refractivity contribution >= 4 is 0 Å². The first kappa shape index (κ1) is 62.1. The van der Waals surface area contributed by atoms with Crippen molar-refractivity contribution in [3.63, 3.8) is 0 Å². The highest BCUT2D eigenvalue weighted by Crippen LogP contribution is 2.30. The molecule has 8 rings (SSSR count). The van der Waals surface area contributed by atoms with E-state index in [1.54, 1.807) is 30.3 Å². The van der Waals surface area contributed by atoms with Crippen LogP contribution >= 0.6 is 0 Å². The van der Waals surface area contributed by atoms with E-state index >= 15 is 0 Å². The van der Waals surface area contributed by atoms with Crippen molar-refractivity contribution in [2.75, 3.05) is 0 Å². The normalized spacial score (nSPS) is 13.1. The molecular weight excluding hydrogens is 777 g/mol. The van der Waals surface area contributed by atoms with E-state index < -0.39 is 0 Å². The Morgan fingerprint density at radius 2 is 0.587 bits per heavy atom. The molecule has 0 aromatic heterocycles. The van der Waals surface area contributed by atoms with Crippen LogP contribution in [0.1, 0.15) is 172 Å². The minimum absolute atomic E-state index is 0.368. The number of hydrogen-bond donors (Lipinski definition) is 5. The first-order chi connectivity index (χ1) is 30.5. The van der Waals surface area contributed by atoms with Crippen molar-refractivity contribution in [3.8, 4) is 28.7 Å². The van der Waals surface area contributed by atoms with Crippen molar-refractivity contribution in [1.29, 1.82) is 0 Å². The third-order valence-electron chi connectivity index (χ3n) is 9.62. The SMILES string of the molecule is C1CCCC1.C1CCCC1.CC.CC.CC.CC.Cc1cc(C2C=CCC2)ccc1O.Cc1ccccc1O.Cc1ccccc1O.Cc1ccccc1O.Cc1ccccc1O. The summed E-state index contributed by atoms with van der Waals surface area (Å²) in [5.74, 6) is 2.44. The molecule has 1 atom stereocenters. The zero-order valence-electron chi connectivity index (χ0n) is 41.9. The molecule has 5 aromatic rings. The van der Waals surface area contributed by atoms with E-state index in [-0.39, 0.29) is 0 Å². The summed E-state index contributed by atoms with van der Waals surface area (Å²) >= 11 is 0. The maximum atomic E-state index is 9.37. The van der Waals surface area contributed by atoms with Gasteiger partial charge in [-0.05, 0) is 111 Å². The number of benzene rings is 5. The number of allylic oxidation sites excluding steroid dienone is 2. The van der Waals surface area contributed by atoms with Gasteiger partial charge in [-0.2, -0.15) is 0 Å². The first-order valence-electron chi connectivity index (χ1n) is 23.9. The summed E-state index contributed by atoms with van der Waals surface area (Å²) in [5, 5.41) is 45.0. The van der Waals surface area contributed by atoms with Crippen LogP contribution in [0.25, 0.3) is 0 Å². The lowest BCUT2D eigenvalue weighted by Gasteiger charge is -2.09. The molecule has 5 N–H and O–H groups in total. The molecule has 0 radical (unpaired) electrons. The van der Waals surface area contributed by atoms with E-state index in [1.807, 2.05) is 169 Å². The van der Waals surface area contributed by atoms with E-state index in [1.165, 1.54) is 82.6 Å². The molecule has 2 fully saturated rings. The third kappa shape index (κ3) is 32.2. The average molecular weight is 867 g/mol. The summed E-state index contributed by atoms with van der Waals surface area (Å²) < 4.78 is 0. The maximum absolute atomic E-state index is 9.37. The quantitative estimate of drug-likeness (QED) is 0.108. The van der Waals surface area contributed by atoms with Crippen molar-refractivity contribution < 1.29 is 25.5 Å². The summed E-state index contributed by atoms with van der Waals surface area (Å²) in [6, 6.07) is 34.9. The second-order valence-electron chi connectivity index (χ2n) is 14.3. The van der Waals surface area contributed by atoms with Crippen LogP contribution in [0.4, 0.5) is 0 Å². The Morgan fingerprint density at radius 1 is 0.333 bits per heavy atom. The lowest BCUT2D eigenvalue weighted by Crippen LogP contribution is -1.91. The molecule has 0 bridgehead atoms. The molecule has 1 unspecified atom stereocenters. The topological polar surface area (TPSA) is 101 Å². The van der Waals surface area contributed by atoms with Crippen molar-refractivity contribution in [2.24, 2.45) is 0 Å². The molecule has 352 valence electrons. The van der Waals surface area contributed by atoms with Crippen molar-refractivity contribution in [1.82, 2.24) is 0 Å². The number of aryl methyl sites for hydroxylation is 5. The molecule has 5 nitrogen and oxygen atoms in total. The summed E-state index contributed by atoms with van der Waals surface area (Å²) in [6.45, 7) is 25.4. The van der Waals surface area contributed by atoms with Gasteiger partial charge < -0.3 is 25.5 Å². The highest BCUT2D eigenvalue weighted by atomic mass is 16.3. The summed E-state index contributed by atoms with van der Waals surface area (Å²) in [6.07, 6.45) is 21.9. The lowest BCUT2D eigenvalue weighted by atomic mass is 9.97. The van der Waals surface area contributed by atoms with Gasteiger partial charge in [0.25, 0.3) is 0 Å². The Bertz CT molecular complexity index is 1500. The van der Waals surface area contributed by atoms with E-state index in [0.717, 1.165) is 27.8 Å². The number of phenolic OH excluding ortho intramolecular Hbond substituents is 5. The number of para-hydroxylation sites is 4. The summed E-state index contributed by atoms with van der Waals surface area (Å²) in [4.78, 5) is 0. The largest absolute Gasteiger partial charge is 0.508 e. The van der Waals surface area contributed by atoms with Gasteiger partial charge in [-0.1, -0.05) is 217 Å². The number of phenols is 5. The molecule has 3 aliphatic carbocycles. The van der Waals surface area contributed by atoms with Crippen molar-refractivity contribution in [2.45, 2.75) is 173 Å². The predicted molar refractivity (Wildman–Crippen MR) is 277 cm³/mol. The Kier molecular flexibility index (Phi) is 42.9. The summed E-state index contributed by atoms with van der Waals surface area (Å²) in [5.41, 5.74) is 5.99. The van der Waals surface area contributed by atoms with Gasteiger partial charge in [-0.15, -0.1) is 0 Å². The van der Waals surface area contributed by atoms with Crippen LogP contribution in [-0.4, -0.2) is 25.5 Å². The fourth-order valence-corrected chi connectivity index (χ4v) is 5.84. The monoisotopic (exact) mass is 867 g/mol. The van der Waals surface area contributed by atoms with Crippen LogP contribution in [-0.2, 0) is 0 Å². The zero-order valence-corrected chi connectivity index (χ0v) is 41.9. The lowest BCUT2D eigenvalue weighted by molar-refractivity contribution is 0.470. The second kappa shape index (κ2) is 43.5. The minimum Gasteiger partial charge on any atom is -0.508 e. The molecular formula is C58H90O5. The minimum atomic E-state index is 0.368. The third-order valence-corrected chi connectivity index (χ3v) is 9.62.